The van der Waals surface area contributed by atoms with Crippen LogP contribution in [0, 0.1) is 23.7 Å². The smallest absolute Gasteiger partial charge is 0.325 e. The minimum atomic E-state index is -1.40. The van der Waals surface area contributed by atoms with Crippen LogP contribution in [0.3, 0.4) is 0 Å². The van der Waals surface area contributed by atoms with Gasteiger partial charge in [-0.05, 0) is 49.9 Å². The first kappa shape index (κ1) is 45.9. The van der Waals surface area contributed by atoms with Crippen molar-refractivity contribution < 1.29 is 38.6 Å². The summed E-state index contributed by atoms with van der Waals surface area (Å²) in [6.45, 7) is 10.2. The zero-order chi connectivity index (χ0) is 39.5. The number of likely N-dealkylation sites (N-methyl/N-ethyl adjacent to an activating group) is 1. The van der Waals surface area contributed by atoms with Crippen LogP contribution in [0.2, 0.25) is 0 Å². The summed E-state index contributed by atoms with van der Waals surface area (Å²) in [4.78, 5) is 83.8. The molecule has 0 bridgehead atoms. The fourth-order valence-electron chi connectivity index (χ4n) is 7.42. The minimum Gasteiger partial charge on any atom is -0.460 e. The predicted molar refractivity (Wildman–Crippen MR) is 204 cm³/mol. The number of carbonyl (C=O) groups is 6. The number of amides is 5. The second-order valence-corrected chi connectivity index (χ2v) is 15.9. The van der Waals surface area contributed by atoms with Crippen molar-refractivity contribution >= 4 is 35.5 Å². The van der Waals surface area contributed by atoms with Crippen LogP contribution in [0.15, 0.2) is 0 Å². The molecule has 1 aliphatic heterocycles. The molecule has 0 unspecified atom stereocenters. The van der Waals surface area contributed by atoms with Gasteiger partial charge in [0.05, 0.1) is 12.5 Å². The van der Waals surface area contributed by atoms with Crippen molar-refractivity contribution in [2.24, 2.45) is 23.7 Å². The molecule has 0 radical (unpaired) electrons. The molecule has 0 aromatic heterocycles. The molecule has 304 valence electrons. The highest BCUT2D eigenvalue weighted by Crippen LogP contribution is 2.27. The van der Waals surface area contributed by atoms with Crippen molar-refractivity contribution in [3.05, 3.63) is 0 Å². The number of unbranched alkanes of at least 4 members (excludes halogenated alkanes) is 7. The van der Waals surface area contributed by atoms with E-state index in [2.05, 4.69) is 28.2 Å². The zero-order valence-electron chi connectivity index (χ0n) is 33.7. The molecule has 5 amide bonds. The number of ether oxygens (including phenoxy) is 1. The van der Waals surface area contributed by atoms with Crippen molar-refractivity contribution in [2.45, 2.75) is 175 Å². The second kappa shape index (κ2) is 24.2. The first-order chi connectivity index (χ1) is 25.2. The quantitative estimate of drug-likeness (QED) is 0.122. The second-order valence-electron chi connectivity index (χ2n) is 15.9. The maximum atomic E-state index is 14.1. The van der Waals surface area contributed by atoms with Gasteiger partial charge in [0.2, 0.25) is 29.5 Å². The van der Waals surface area contributed by atoms with Gasteiger partial charge in [0, 0.05) is 7.05 Å². The lowest BCUT2D eigenvalue weighted by atomic mass is 9.83. The first-order valence-corrected chi connectivity index (χ1v) is 20.5. The van der Waals surface area contributed by atoms with Crippen LogP contribution >= 0.6 is 0 Å². The molecule has 1 aliphatic carbocycles. The van der Waals surface area contributed by atoms with E-state index in [1.54, 1.807) is 20.9 Å². The summed E-state index contributed by atoms with van der Waals surface area (Å²) < 4.78 is 5.93. The number of hydrogen-bond acceptors (Lipinski definition) is 8. The van der Waals surface area contributed by atoms with Gasteiger partial charge < -0.3 is 36.0 Å². The topological polar surface area (TPSA) is 183 Å². The highest BCUT2D eigenvalue weighted by molar-refractivity contribution is 5.96. The number of nitrogens with one attached hydrogen (secondary N) is 4. The van der Waals surface area contributed by atoms with Gasteiger partial charge >= 0.3 is 5.97 Å². The van der Waals surface area contributed by atoms with E-state index < -0.39 is 78.9 Å². The van der Waals surface area contributed by atoms with E-state index in [4.69, 9.17) is 4.74 Å². The summed E-state index contributed by atoms with van der Waals surface area (Å²) in [5.74, 6) is -4.90. The van der Waals surface area contributed by atoms with E-state index in [9.17, 15) is 33.9 Å². The van der Waals surface area contributed by atoms with E-state index in [1.165, 1.54) is 30.6 Å². The Morgan fingerprint density at radius 1 is 0.792 bits per heavy atom. The Balaban J connectivity index is 2.48. The summed E-state index contributed by atoms with van der Waals surface area (Å²) >= 11 is 0. The van der Waals surface area contributed by atoms with Crippen molar-refractivity contribution in [1.82, 2.24) is 26.2 Å². The number of hydrogen-bond donors (Lipinski definition) is 5. The van der Waals surface area contributed by atoms with Crippen LogP contribution in [0.4, 0.5) is 0 Å². The molecular formula is C40H71N5O8. The van der Waals surface area contributed by atoms with Gasteiger partial charge in [-0.3, -0.25) is 28.8 Å². The Hall–Kier alpha value is -3.22. The Bertz CT molecular complexity index is 1180. The maximum absolute atomic E-state index is 14.1. The molecule has 2 aliphatic rings. The third-order valence-corrected chi connectivity index (χ3v) is 11.1. The van der Waals surface area contributed by atoms with Gasteiger partial charge in [-0.15, -0.1) is 0 Å². The number of aliphatic hydroxyl groups excluding tert-OH is 1. The first-order valence-electron chi connectivity index (χ1n) is 20.5. The molecule has 53 heavy (non-hydrogen) atoms. The average molecular weight is 750 g/mol. The third kappa shape index (κ3) is 15.2. The fraction of sp³-hybridized carbons (Fsp3) is 0.850. The molecule has 2 fully saturated rings. The summed E-state index contributed by atoms with van der Waals surface area (Å²) in [7, 11) is 1.55. The molecule has 13 heteroatoms. The van der Waals surface area contributed by atoms with E-state index in [1.807, 2.05) is 20.8 Å². The number of nitrogens with zero attached hydrogens (tertiary/aromatic N) is 1. The highest BCUT2D eigenvalue weighted by Gasteiger charge is 2.39. The molecule has 7 atom stereocenters. The summed E-state index contributed by atoms with van der Waals surface area (Å²) in [5, 5.41) is 21.1. The molecule has 5 N–H and O–H groups in total. The predicted octanol–water partition coefficient (Wildman–Crippen LogP) is 4.14. The monoisotopic (exact) mass is 750 g/mol. The van der Waals surface area contributed by atoms with Crippen molar-refractivity contribution in [3.8, 4) is 0 Å². The summed E-state index contributed by atoms with van der Waals surface area (Å²) in [6, 6.07) is -4.41. The van der Waals surface area contributed by atoms with Crippen LogP contribution in [0.25, 0.3) is 0 Å². The molecule has 1 saturated carbocycles. The molecule has 0 aromatic rings. The SMILES string of the molecule is CCCCCCCCCC[C@H]1OC(=O)CNC(=O)[C@H](C2CCCCC2)NC(=O)[C@H](CO)NC(=O)[C@H]([C@@H](C)CC)NC(=O)[C@H](CC(C)C)N(C)C(=O)[C@@H]1C. The van der Waals surface area contributed by atoms with Crippen LogP contribution in [-0.4, -0.2) is 96.0 Å². The Labute approximate surface area is 318 Å². The molecule has 13 nitrogen and oxygen atoms in total. The zero-order valence-corrected chi connectivity index (χ0v) is 33.7. The molecule has 2 rings (SSSR count). The number of esters is 1. The van der Waals surface area contributed by atoms with Crippen LogP contribution in [0.5, 0.6) is 0 Å². The Morgan fingerprint density at radius 3 is 2.00 bits per heavy atom. The van der Waals surface area contributed by atoms with Crippen LogP contribution in [-0.2, 0) is 33.5 Å². The molecule has 1 heterocycles. The van der Waals surface area contributed by atoms with Gasteiger partial charge in [0.15, 0.2) is 0 Å². The number of cyclic esters (lactones) is 1. The van der Waals surface area contributed by atoms with E-state index in [-0.39, 0.29) is 23.7 Å². The molecule has 1 saturated heterocycles. The highest BCUT2D eigenvalue weighted by atomic mass is 16.5. The van der Waals surface area contributed by atoms with Crippen molar-refractivity contribution in [3.63, 3.8) is 0 Å². The van der Waals surface area contributed by atoms with Crippen LogP contribution < -0.4 is 21.3 Å². The summed E-state index contributed by atoms with van der Waals surface area (Å²) in [5.41, 5.74) is 0. The lowest BCUT2D eigenvalue weighted by molar-refractivity contribution is -0.157. The van der Waals surface area contributed by atoms with Crippen molar-refractivity contribution in [1.29, 1.82) is 0 Å². The third-order valence-electron chi connectivity index (χ3n) is 11.1. The van der Waals surface area contributed by atoms with E-state index in [0.29, 0.717) is 32.1 Å². The van der Waals surface area contributed by atoms with Gasteiger partial charge in [-0.1, -0.05) is 112 Å². The largest absolute Gasteiger partial charge is 0.460 e. The number of rotatable bonds is 15. The van der Waals surface area contributed by atoms with Gasteiger partial charge in [-0.2, -0.15) is 0 Å². The van der Waals surface area contributed by atoms with Crippen LogP contribution in [0.1, 0.15) is 144 Å². The Morgan fingerprint density at radius 2 is 1.42 bits per heavy atom. The average Bonchev–Trinajstić information content (AvgIpc) is 3.15. The van der Waals surface area contributed by atoms with Gasteiger partial charge in [0.1, 0.15) is 36.8 Å². The number of carbonyl (C=O) groups excluding carboxylic acids is 6. The summed E-state index contributed by atoms with van der Waals surface area (Å²) in [6.07, 6.45) is 13.2. The van der Waals surface area contributed by atoms with Gasteiger partial charge in [0.25, 0.3) is 0 Å². The maximum Gasteiger partial charge on any atom is 0.325 e. The lowest BCUT2D eigenvalue weighted by Crippen LogP contribution is -2.61. The van der Waals surface area contributed by atoms with Crippen molar-refractivity contribution in [2.75, 3.05) is 20.2 Å². The van der Waals surface area contributed by atoms with E-state index in [0.717, 1.165) is 44.9 Å². The molecule has 0 aromatic carbocycles. The standard InChI is InChI=1S/C40H71N5O8/c1-8-10-11-12-13-14-15-19-22-32-28(6)40(52)45(7)31(23-26(3)4)37(49)43-34(27(5)9-2)39(51)42-30(25-46)36(48)44-35(29-20-17-16-18-21-29)38(50)41-24-33(47)53-32/h26-32,34-35,46H,8-25H2,1-7H3,(H,41,50)(H,42,51)(H,43,49)(H,44,48)/t27-,28+,30-,31-,32+,34-,35-/m0/s1. The van der Waals surface area contributed by atoms with Gasteiger partial charge in [-0.25, -0.2) is 0 Å². The molecular weight excluding hydrogens is 678 g/mol. The van der Waals surface area contributed by atoms with E-state index >= 15 is 0 Å². The normalized spacial score (nSPS) is 27.2. The fourth-order valence-corrected chi connectivity index (χ4v) is 7.42. The minimum absolute atomic E-state index is 0.0166. The Kier molecular flexibility index (Phi) is 21.0. The number of aliphatic hydroxyl groups is 1. The molecule has 0 spiro atoms. The lowest BCUT2D eigenvalue weighted by Gasteiger charge is -2.34.